The van der Waals surface area contributed by atoms with Gasteiger partial charge in [-0.2, -0.15) is 0 Å². The van der Waals surface area contributed by atoms with Gasteiger partial charge in [-0.3, -0.25) is 0 Å². The molecule has 1 N–H and O–H groups in total. The maximum absolute atomic E-state index is 9.15. The summed E-state index contributed by atoms with van der Waals surface area (Å²) in [7, 11) is 2.15. The first-order chi connectivity index (χ1) is 8.61. The Bertz CT molecular complexity index is 410. The van der Waals surface area contributed by atoms with Gasteiger partial charge in [0.05, 0.1) is 6.61 Å². The number of hydrogen-bond donors (Lipinski definition) is 1. The van der Waals surface area contributed by atoms with Crippen LogP contribution < -0.4 is 4.90 Å². The molecule has 1 aromatic rings. The van der Waals surface area contributed by atoms with Gasteiger partial charge >= 0.3 is 0 Å². The summed E-state index contributed by atoms with van der Waals surface area (Å²) in [6, 6.07) is 0.414. The molecule has 1 aliphatic rings. The van der Waals surface area contributed by atoms with Crippen LogP contribution in [0.2, 0.25) is 0 Å². The first-order valence-electron chi connectivity index (χ1n) is 6.50. The lowest BCUT2D eigenvalue weighted by Crippen LogP contribution is -2.39. The predicted octanol–water partition coefficient (Wildman–Crippen LogP) is 0.808. The molecule has 0 amide bonds. The molecule has 0 bridgehead atoms. The highest BCUT2D eigenvalue weighted by Crippen LogP contribution is 2.17. The van der Waals surface area contributed by atoms with Gasteiger partial charge in [0.15, 0.2) is 0 Å². The lowest BCUT2D eigenvalue weighted by atomic mass is 10.2. The highest BCUT2D eigenvalue weighted by Gasteiger charge is 2.22. The van der Waals surface area contributed by atoms with E-state index >= 15 is 0 Å². The second-order valence-corrected chi connectivity index (χ2v) is 5.10. The summed E-state index contributed by atoms with van der Waals surface area (Å²) in [5.41, 5.74) is 1.67. The van der Waals surface area contributed by atoms with Crippen molar-refractivity contribution in [1.82, 2.24) is 14.9 Å². The molecule has 2 rings (SSSR count). The molecule has 1 atom stereocenters. The van der Waals surface area contributed by atoms with Crippen LogP contribution in [-0.4, -0.2) is 52.7 Å². The highest BCUT2D eigenvalue weighted by molar-refractivity contribution is 5.34. The number of aliphatic hydroxyl groups is 1. The van der Waals surface area contributed by atoms with Gasteiger partial charge in [-0.25, -0.2) is 9.97 Å². The minimum atomic E-state index is 0.00437. The van der Waals surface area contributed by atoms with Gasteiger partial charge in [0.2, 0.25) is 5.95 Å². The molecule has 1 aromatic heterocycles. The number of aryl methyl sites for hydroxylation is 1. The standard InChI is InChI=1S/C13H22N4O/c1-10-8-16(3)5-4-6-17(10)13-14-7-12(9-18)11(2)15-13/h7,10,18H,4-6,8-9H2,1-3H3. The Kier molecular flexibility index (Phi) is 4.14. The van der Waals surface area contributed by atoms with Crippen molar-refractivity contribution in [2.45, 2.75) is 32.9 Å². The summed E-state index contributed by atoms with van der Waals surface area (Å²) < 4.78 is 0. The third kappa shape index (κ3) is 2.79. The van der Waals surface area contributed by atoms with E-state index < -0.39 is 0 Å². The molecule has 0 aromatic carbocycles. The molecule has 5 nitrogen and oxygen atoms in total. The van der Waals surface area contributed by atoms with Crippen molar-refractivity contribution in [1.29, 1.82) is 0 Å². The largest absolute Gasteiger partial charge is 0.392 e. The maximum atomic E-state index is 9.15. The van der Waals surface area contributed by atoms with Crippen LogP contribution in [0.4, 0.5) is 5.95 Å². The Morgan fingerprint density at radius 3 is 2.89 bits per heavy atom. The van der Waals surface area contributed by atoms with Gasteiger partial charge in [-0.15, -0.1) is 0 Å². The Balaban J connectivity index is 2.21. The van der Waals surface area contributed by atoms with E-state index in [1.165, 1.54) is 0 Å². The fraction of sp³-hybridized carbons (Fsp3) is 0.692. The molecule has 5 heteroatoms. The van der Waals surface area contributed by atoms with Crippen LogP contribution in [0.3, 0.4) is 0 Å². The molecule has 1 saturated heterocycles. The van der Waals surface area contributed by atoms with Crippen LogP contribution in [0.25, 0.3) is 0 Å². The fourth-order valence-corrected chi connectivity index (χ4v) is 2.44. The van der Waals surface area contributed by atoms with Crippen LogP contribution in [0.5, 0.6) is 0 Å². The Hall–Kier alpha value is -1.20. The van der Waals surface area contributed by atoms with Crippen LogP contribution in [-0.2, 0) is 6.61 Å². The van der Waals surface area contributed by atoms with E-state index in [1.807, 2.05) is 6.92 Å². The second-order valence-electron chi connectivity index (χ2n) is 5.10. The lowest BCUT2D eigenvalue weighted by Gasteiger charge is -2.28. The smallest absolute Gasteiger partial charge is 0.225 e. The van der Waals surface area contributed by atoms with Crippen molar-refractivity contribution in [3.63, 3.8) is 0 Å². The molecule has 1 unspecified atom stereocenters. The van der Waals surface area contributed by atoms with Gasteiger partial charge < -0.3 is 14.9 Å². The van der Waals surface area contributed by atoms with Crippen molar-refractivity contribution < 1.29 is 5.11 Å². The van der Waals surface area contributed by atoms with E-state index in [4.69, 9.17) is 5.11 Å². The summed E-state index contributed by atoms with van der Waals surface area (Å²) in [5.74, 6) is 0.785. The van der Waals surface area contributed by atoms with Gasteiger partial charge in [-0.05, 0) is 33.9 Å². The molecule has 100 valence electrons. The molecular weight excluding hydrogens is 228 g/mol. The Morgan fingerprint density at radius 1 is 1.44 bits per heavy atom. The second kappa shape index (κ2) is 5.63. The summed E-state index contributed by atoms with van der Waals surface area (Å²) >= 11 is 0. The molecule has 18 heavy (non-hydrogen) atoms. The first kappa shape index (κ1) is 13.2. The zero-order chi connectivity index (χ0) is 13.1. The minimum absolute atomic E-state index is 0.00437. The number of aromatic nitrogens is 2. The van der Waals surface area contributed by atoms with Crippen molar-refractivity contribution in [2.24, 2.45) is 0 Å². The van der Waals surface area contributed by atoms with E-state index in [0.717, 1.165) is 43.3 Å². The van der Waals surface area contributed by atoms with Gasteiger partial charge in [0.25, 0.3) is 0 Å². The molecule has 0 spiro atoms. The molecule has 0 radical (unpaired) electrons. The van der Waals surface area contributed by atoms with Crippen LogP contribution >= 0.6 is 0 Å². The summed E-state index contributed by atoms with van der Waals surface area (Å²) in [4.78, 5) is 13.5. The normalized spacial score (nSPS) is 22.0. The van der Waals surface area contributed by atoms with Gasteiger partial charge in [0, 0.05) is 36.6 Å². The quantitative estimate of drug-likeness (QED) is 0.841. The third-order valence-corrected chi connectivity index (χ3v) is 3.54. The van der Waals surface area contributed by atoms with E-state index in [2.05, 4.69) is 33.7 Å². The highest BCUT2D eigenvalue weighted by atomic mass is 16.3. The van der Waals surface area contributed by atoms with Crippen LogP contribution in [0, 0.1) is 6.92 Å². The fourth-order valence-electron chi connectivity index (χ4n) is 2.44. The van der Waals surface area contributed by atoms with Gasteiger partial charge in [-0.1, -0.05) is 0 Å². The van der Waals surface area contributed by atoms with E-state index in [-0.39, 0.29) is 6.61 Å². The molecule has 2 heterocycles. The van der Waals surface area contributed by atoms with Crippen molar-refractivity contribution in [2.75, 3.05) is 31.6 Å². The zero-order valence-electron chi connectivity index (χ0n) is 11.4. The van der Waals surface area contributed by atoms with Crippen molar-refractivity contribution in [3.8, 4) is 0 Å². The summed E-state index contributed by atoms with van der Waals surface area (Å²) in [6.07, 6.45) is 2.87. The van der Waals surface area contributed by atoms with Crippen molar-refractivity contribution >= 4 is 5.95 Å². The molecule has 0 aliphatic carbocycles. The molecule has 0 saturated carbocycles. The van der Waals surface area contributed by atoms with Crippen LogP contribution in [0.1, 0.15) is 24.6 Å². The molecule has 1 aliphatic heterocycles. The number of likely N-dealkylation sites (N-methyl/N-ethyl adjacent to an activating group) is 1. The topological polar surface area (TPSA) is 52.5 Å². The van der Waals surface area contributed by atoms with Crippen LogP contribution in [0.15, 0.2) is 6.20 Å². The summed E-state index contributed by atoms with van der Waals surface area (Å²) in [5, 5.41) is 9.15. The minimum Gasteiger partial charge on any atom is -0.392 e. The molecule has 1 fully saturated rings. The average Bonchev–Trinajstić information content (AvgIpc) is 2.50. The number of rotatable bonds is 2. The Labute approximate surface area is 108 Å². The number of aliphatic hydroxyl groups excluding tert-OH is 1. The lowest BCUT2D eigenvalue weighted by molar-refractivity contribution is 0.280. The molecular formula is C13H22N4O. The Morgan fingerprint density at radius 2 is 2.22 bits per heavy atom. The van der Waals surface area contributed by atoms with Crippen molar-refractivity contribution in [3.05, 3.63) is 17.5 Å². The van der Waals surface area contributed by atoms with E-state index in [1.54, 1.807) is 6.20 Å². The van der Waals surface area contributed by atoms with Gasteiger partial charge in [0.1, 0.15) is 0 Å². The monoisotopic (exact) mass is 250 g/mol. The SMILES string of the molecule is Cc1nc(N2CCCN(C)CC2C)ncc1CO. The summed E-state index contributed by atoms with van der Waals surface area (Å²) in [6.45, 7) is 7.28. The van der Waals surface area contributed by atoms with E-state index in [0.29, 0.717) is 6.04 Å². The first-order valence-corrected chi connectivity index (χ1v) is 6.50. The average molecular weight is 250 g/mol. The maximum Gasteiger partial charge on any atom is 0.225 e. The third-order valence-electron chi connectivity index (χ3n) is 3.54. The number of nitrogens with zero attached hydrogens (tertiary/aromatic N) is 4. The number of anilines is 1. The van der Waals surface area contributed by atoms with E-state index in [9.17, 15) is 0 Å². The predicted molar refractivity (Wildman–Crippen MR) is 71.6 cm³/mol. The zero-order valence-corrected chi connectivity index (χ0v) is 11.4. The number of hydrogen-bond acceptors (Lipinski definition) is 5.